The van der Waals surface area contributed by atoms with Gasteiger partial charge in [0, 0.05) is 49.2 Å². The first-order valence-corrected chi connectivity index (χ1v) is 7.27. The molecule has 1 saturated heterocycles. The summed E-state index contributed by atoms with van der Waals surface area (Å²) in [7, 11) is 1.94. The number of aromatic nitrogens is 2. The molecule has 0 radical (unpaired) electrons. The summed E-state index contributed by atoms with van der Waals surface area (Å²) in [5, 5.41) is 7.65. The van der Waals surface area contributed by atoms with Crippen LogP contribution in [0.5, 0.6) is 0 Å². The minimum absolute atomic E-state index is 0.218. The second-order valence-corrected chi connectivity index (χ2v) is 5.43. The highest BCUT2D eigenvalue weighted by atomic mass is 16.2. The summed E-state index contributed by atoms with van der Waals surface area (Å²) < 4.78 is 1.87. The van der Waals surface area contributed by atoms with Crippen LogP contribution in [0.1, 0.15) is 24.1 Å². The van der Waals surface area contributed by atoms with Gasteiger partial charge in [0.15, 0.2) is 0 Å². The maximum absolute atomic E-state index is 11.8. The number of anilines is 2. The van der Waals surface area contributed by atoms with Crippen LogP contribution in [0.3, 0.4) is 0 Å². The van der Waals surface area contributed by atoms with Crippen molar-refractivity contribution in [1.29, 1.82) is 0 Å². The number of benzene rings is 1. The lowest BCUT2D eigenvalue weighted by molar-refractivity contribution is -0.117. The van der Waals surface area contributed by atoms with Gasteiger partial charge in [0.1, 0.15) is 0 Å². The third kappa shape index (κ3) is 2.77. The van der Waals surface area contributed by atoms with Gasteiger partial charge in [0.2, 0.25) is 5.91 Å². The number of carbonyl (C=O) groups excluding carboxylic acids is 1. The molecule has 5 nitrogen and oxygen atoms in total. The van der Waals surface area contributed by atoms with Crippen molar-refractivity contribution < 1.29 is 4.79 Å². The molecule has 3 rings (SSSR count). The van der Waals surface area contributed by atoms with Crippen molar-refractivity contribution in [1.82, 2.24) is 9.78 Å². The molecule has 0 spiro atoms. The van der Waals surface area contributed by atoms with Crippen molar-refractivity contribution in [3.8, 4) is 0 Å². The van der Waals surface area contributed by atoms with Crippen molar-refractivity contribution >= 4 is 17.3 Å². The van der Waals surface area contributed by atoms with Gasteiger partial charge in [-0.2, -0.15) is 5.10 Å². The van der Waals surface area contributed by atoms with E-state index in [9.17, 15) is 4.79 Å². The average Bonchev–Trinajstić information content (AvgIpc) is 3.05. The van der Waals surface area contributed by atoms with E-state index in [-0.39, 0.29) is 5.91 Å². The van der Waals surface area contributed by atoms with E-state index in [1.165, 1.54) is 5.56 Å². The number of amides is 1. The van der Waals surface area contributed by atoms with Crippen molar-refractivity contribution in [2.75, 3.05) is 16.8 Å². The zero-order valence-corrected chi connectivity index (χ0v) is 12.5. The van der Waals surface area contributed by atoms with E-state index in [0.717, 1.165) is 36.6 Å². The largest absolute Gasteiger partial charge is 0.381 e. The molecule has 21 heavy (non-hydrogen) atoms. The van der Waals surface area contributed by atoms with Crippen LogP contribution in [-0.4, -0.2) is 22.2 Å². The van der Waals surface area contributed by atoms with Crippen molar-refractivity contribution in [3.63, 3.8) is 0 Å². The molecular weight excluding hydrogens is 264 g/mol. The van der Waals surface area contributed by atoms with Crippen LogP contribution >= 0.6 is 0 Å². The first kappa shape index (κ1) is 13.7. The lowest BCUT2D eigenvalue weighted by Gasteiger charge is -2.17. The lowest BCUT2D eigenvalue weighted by atomic mass is 10.2. The molecule has 1 aromatic carbocycles. The molecule has 1 fully saturated rings. The molecule has 0 aliphatic carbocycles. The number of hydrogen-bond acceptors (Lipinski definition) is 3. The Hall–Kier alpha value is -2.30. The first-order chi connectivity index (χ1) is 10.1. The Balaban J connectivity index is 1.71. The van der Waals surface area contributed by atoms with Crippen molar-refractivity contribution in [3.05, 3.63) is 41.7 Å². The fraction of sp³-hybridized carbons (Fsp3) is 0.375. The molecule has 0 bridgehead atoms. The molecular formula is C16H20N4O. The zero-order chi connectivity index (χ0) is 14.8. The van der Waals surface area contributed by atoms with Crippen LogP contribution in [0.25, 0.3) is 0 Å². The van der Waals surface area contributed by atoms with Gasteiger partial charge >= 0.3 is 0 Å². The third-order valence-corrected chi connectivity index (χ3v) is 4.05. The van der Waals surface area contributed by atoms with Gasteiger partial charge in [0.25, 0.3) is 0 Å². The van der Waals surface area contributed by atoms with E-state index >= 15 is 0 Å². The van der Waals surface area contributed by atoms with Crippen LogP contribution in [0.15, 0.2) is 30.5 Å². The van der Waals surface area contributed by atoms with E-state index in [1.807, 2.05) is 47.1 Å². The summed E-state index contributed by atoms with van der Waals surface area (Å²) in [4.78, 5) is 13.7. The van der Waals surface area contributed by atoms with Crippen LogP contribution in [0.4, 0.5) is 11.4 Å². The molecule has 1 aliphatic rings. The molecule has 0 saturated carbocycles. The van der Waals surface area contributed by atoms with Gasteiger partial charge in [0.05, 0.1) is 6.20 Å². The third-order valence-electron chi connectivity index (χ3n) is 4.05. The normalized spacial score (nSPS) is 14.8. The smallest absolute Gasteiger partial charge is 0.227 e. The SMILES string of the molecule is Cc1c(CNc2cccc(N3CCCC3=O)c2)cnn1C. The second kappa shape index (κ2) is 5.60. The summed E-state index contributed by atoms with van der Waals surface area (Å²) in [6.07, 6.45) is 3.49. The van der Waals surface area contributed by atoms with Gasteiger partial charge in [-0.05, 0) is 31.5 Å². The van der Waals surface area contributed by atoms with E-state index in [2.05, 4.69) is 17.3 Å². The molecule has 0 unspecified atom stereocenters. The summed E-state index contributed by atoms with van der Waals surface area (Å²) in [5.74, 6) is 0.218. The Bertz CT molecular complexity index is 662. The molecule has 5 heteroatoms. The molecule has 1 aliphatic heterocycles. The predicted molar refractivity (Wildman–Crippen MR) is 83.3 cm³/mol. The van der Waals surface area contributed by atoms with E-state index in [1.54, 1.807) is 0 Å². The fourth-order valence-corrected chi connectivity index (χ4v) is 2.62. The fourth-order valence-electron chi connectivity index (χ4n) is 2.62. The molecule has 2 heterocycles. The second-order valence-electron chi connectivity index (χ2n) is 5.43. The van der Waals surface area contributed by atoms with Crippen LogP contribution in [0, 0.1) is 6.92 Å². The van der Waals surface area contributed by atoms with E-state index < -0.39 is 0 Å². The standard InChI is InChI=1S/C16H20N4O/c1-12-13(11-18-19(12)2)10-17-14-5-3-6-15(9-14)20-8-4-7-16(20)21/h3,5-6,9,11,17H,4,7-8,10H2,1-2H3. The number of nitrogens with one attached hydrogen (secondary N) is 1. The highest BCUT2D eigenvalue weighted by Crippen LogP contribution is 2.24. The molecule has 110 valence electrons. The summed E-state index contributed by atoms with van der Waals surface area (Å²) in [6.45, 7) is 3.62. The Kier molecular flexibility index (Phi) is 3.64. The van der Waals surface area contributed by atoms with E-state index in [0.29, 0.717) is 6.42 Å². The number of nitrogens with zero attached hydrogens (tertiary/aromatic N) is 3. The maximum atomic E-state index is 11.8. The van der Waals surface area contributed by atoms with Crippen LogP contribution in [0.2, 0.25) is 0 Å². The zero-order valence-electron chi connectivity index (χ0n) is 12.5. The van der Waals surface area contributed by atoms with Crippen molar-refractivity contribution in [2.24, 2.45) is 7.05 Å². The Labute approximate surface area is 124 Å². The highest BCUT2D eigenvalue weighted by Gasteiger charge is 2.21. The predicted octanol–water partition coefficient (Wildman–Crippen LogP) is 2.47. The highest BCUT2D eigenvalue weighted by molar-refractivity contribution is 5.95. The molecule has 1 N–H and O–H groups in total. The Morgan fingerprint density at radius 1 is 1.38 bits per heavy atom. The minimum Gasteiger partial charge on any atom is -0.381 e. The van der Waals surface area contributed by atoms with Crippen LogP contribution in [-0.2, 0) is 18.4 Å². The summed E-state index contributed by atoms with van der Waals surface area (Å²) in [6, 6.07) is 8.04. The van der Waals surface area contributed by atoms with Gasteiger partial charge in [-0.15, -0.1) is 0 Å². The first-order valence-electron chi connectivity index (χ1n) is 7.27. The Morgan fingerprint density at radius 3 is 2.90 bits per heavy atom. The maximum Gasteiger partial charge on any atom is 0.227 e. The van der Waals surface area contributed by atoms with Crippen molar-refractivity contribution in [2.45, 2.75) is 26.3 Å². The monoisotopic (exact) mass is 284 g/mol. The number of aryl methyl sites for hydroxylation is 1. The van der Waals surface area contributed by atoms with E-state index in [4.69, 9.17) is 0 Å². The lowest BCUT2D eigenvalue weighted by Crippen LogP contribution is -2.23. The topological polar surface area (TPSA) is 50.2 Å². The van der Waals surface area contributed by atoms with Gasteiger partial charge in [-0.3, -0.25) is 9.48 Å². The molecule has 2 aromatic rings. The van der Waals surface area contributed by atoms with Gasteiger partial charge in [-0.25, -0.2) is 0 Å². The minimum atomic E-state index is 0.218. The number of carbonyl (C=O) groups is 1. The quantitative estimate of drug-likeness (QED) is 0.938. The average molecular weight is 284 g/mol. The molecule has 1 amide bonds. The van der Waals surface area contributed by atoms with Crippen LogP contribution < -0.4 is 10.2 Å². The van der Waals surface area contributed by atoms with Gasteiger partial charge < -0.3 is 10.2 Å². The summed E-state index contributed by atoms with van der Waals surface area (Å²) >= 11 is 0. The molecule has 1 aromatic heterocycles. The van der Waals surface area contributed by atoms with Gasteiger partial charge in [-0.1, -0.05) is 6.07 Å². The number of hydrogen-bond donors (Lipinski definition) is 1. The Morgan fingerprint density at radius 2 is 2.24 bits per heavy atom. The summed E-state index contributed by atoms with van der Waals surface area (Å²) in [5.41, 5.74) is 4.34. The molecule has 0 atom stereocenters. The number of rotatable bonds is 4.